The second-order valence-corrected chi connectivity index (χ2v) is 4.77. The number of quaternary nitrogens is 1. The Balaban J connectivity index is 2.46. The Kier molecular flexibility index (Phi) is 7.43. The highest BCUT2D eigenvalue weighted by Crippen LogP contribution is 1.98. The molecule has 0 saturated carbocycles. The SMILES string of the molecule is CCCCCOC(=O)[C@@H](CC(=O)[O-])[NH+]1CCOCC1. The third kappa shape index (κ3) is 6.02. The molecule has 19 heavy (non-hydrogen) atoms. The van der Waals surface area contributed by atoms with Crippen LogP contribution in [0.15, 0.2) is 0 Å². The Labute approximate surface area is 113 Å². The average molecular weight is 273 g/mol. The van der Waals surface area contributed by atoms with E-state index in [1.165, 1.54) is 0 Å². The molecule has 1 aliphatic heterocycles. The summed E-state index contributed by atoms with van der Waals surface area (Å²) < 4.78 is 10.4. The first-order valence-corrected chi connectivity index (χ1v) is 6.94. The molecule has 6 heteroatoms. The summed E-state index contributed by atoms with van der Waals surface area (Å²) in [5, 5.41) is 10.8. The van der Waals surface area contributed by atoms with E-state index in [2.05, 4.69) is 6.92 Å². The van der Waals surface area contributed by atoms with Crippen molar-refractivity contribution in [1.82, 2.24) is 0 Å². The highest BCUT2D eigenvalue weighted by Gasteiger charge is 2.32. The summed E-state index contributed by atoms with van der Waals surface area (Å²) >= 11 is 0. The van der Waals surface area contributed by atoms with Crippen LogP contribution in [0.4, 0.5) is 0 Å². The number of hydrogen-bond acceptors (Lipinski definition) is 5. The van der Waals surface area contributed by atoms with Crippen LogP contribution in [-0.2, 0) is 19.1 Å². The Morgan fingerprint density at radius 3 is 2.58 bits per heavy atom. The second-order valence-electron chi connectivity index (χ2n) is 4.77. The highest BCUT2D eigenvalue weighted by atomic mass is 16.5. The van der Waals surface area contributed by atoms with Crippen LogP contribution in [-0.4, -0.2) is 50.9 Å². The van der Waals surface area contributed by atoms with Gasteiger partial charge in [-0.15, -0.1) is 0 Å². The van der Waals surface area contributed by atoms with E-state index < -0.39 is 18.0 Å². The lowest BCUT2D eigenvalue weighted by atomic mass is 10.1. The van der Waals surface area contributed by atoms with Gasteiger partial charge in [0.25, 0.3) is 0 Å². The topological polar surface area (TPSA) is 80.1 Å². The van der Waals surface area contributed by atoms with Crippen LogP contribution >= 0.6 is 0 Å². The standard InChI is InChI=1S/C13H23NO5/c1-2-3-4-7-19-13(17)11(10-12(15)16)14-5-8-18-9-6-14/h11H,2-10H2,1H3,(H,15,16)/t11-/m1/s1. The quantitative estimate of drug-likeness (QED) is 0.414. The van der Waals surface area contributed by atoms with Crippen LogP contribution in [0, 0.1) is 0 Å². The first-order chi connectivity index (χ1) is 9.15. The molecule has 1 heterocycles. The summed E-state index contributed by atoms with van der Waals surface area (Å²) in [6, 6.07) is -0.671. The van der Waals surface area contributed by atoms with E-state index >= 15 is 0 Å². The number of rotatable bonds is 8. The van der Waals surface area contributed by atoms with Gasteiger partial charge in [0, 0.05) is 5.97 Å². The molecule has 110 valence electrons. The average Bonchev–Trinajstić information content (AvgIpc) is 2.41. The third-order valence-electron chi connectivity index (χ3n) is 3.28. The maximum absolute atomic E-state index is 12.0. The molecule has 1 atom stereocenters. The molecular formula is C13H23NO5. The van der Waals surface area contributed by atoms with E-state index in [9.17, 15) is 14.7 Å². The lowest BCUT2D eigenvalue weighted by Gasteiger charge is -2.30. The zero-order valence-electron chi connectivity index (χ0n) is 11.5. The van der Waals surface area contributed by atoms with Crippen molar-refractivity contribution in [3.05, 3.63) is 0 Å². The summed E-state index contributed by atoms with van der Waals surface area (Å²) in [6.07, 6.45) is 2.58. The number of hydrogen-bond donors (Lipinski definition) is 1. The molecule has 1 saturated heterocycles. The number of morpholine rings is 1. The Hall–Kier alpha value is -1.14. The van der Waals surface area contributed by atoms with Crippen LogP contribution in [0.25, 0.3) is 0 Å². The predicted molar refractivity (Wildman–Crippen MR) is 65.4 cm³/mol. The summed E-state index contributed by atoms with van der Waals surface area (Å²) in [5.74, 6) is -1.65. The van der Waals surface area contributed by atoms with Crippen molar-refractivity contribution in [3.63, 3.8) is 0 Å². The number of nitrogens with one attached hydrogen (secondary N) is 1. The van der Waals surface area contributed by atoms with Crippen LogP contribution in [0.3, 0.4) is 0 Å². The Bertz CT molecular complexity index is 289. The van der Waals surface area contributed by atoms with Crippen LogP contribution in [0.1, 0.15) is 32.6 Å². The number of esters is 1. The van der Waals surface area contributed by atoms with Crippen molar-refractivity contribution in [1.29, 1.82) is 0 Å². The molecule has 0 aromatic heterocycles. The lowest BCUT2D eigenvalue weighted by molar-refractivity contribution is -0.924. The number of carboxylic acid groups (broad SMARTS) is 1. The Morgan fingerprint density at radius 2 is 2.00 bits per heavy atom. The Morgan fingerprint density at radius 1 is 1.32 bits per heavy atom. The monoisotopic (exact) mass is 273 g/mol. The number of ether oxygens (including phenoxy) is 2. The van der Waals surface area contributed by atoms with Gasteiger partial charge >= 0.3 is 5.97 Å². The third-order valence-corrected chi connectivity index (χ3v) is 3.28. The molecule has 1 fully saturated rings. The van der Waals surface area contributed by atoms with Crippen molar-refractivity contribution in [3.8, 4) is 0 Å². The molecule has 0 unspecified atom stereocenters. The zero-order chi connectivity index (χ0) is 14.1. The van der Waals surface area contributed by atoms with Crippen molar-refractivity contribution in [2.24, 2.45) is 0 Å². The minimum absolute atomic E-state index is 0.290. The van der Waals surface area contributed by atoms with Crippen molar-refractivity contribution >= 4 is 11.9 Å². The normalized spacial score (nSPS) is 17.9. The van der Waals surface area contributed by atoms with E-state index in [1.54, 1.807) is 0 Å². The van der Waals surface area contributed by atoms with Gasteiger partial charge in [0.2, 0.25) is 0 Å². The van der Waals surface area contributed by atoms with E-state index in [0.29, 0.717) is 32.9 Å². The number of carbonyl (C=O) groups is 2. The lowest BCUT2D eigenvalue weighted by Crippen LogP contribution is -3.18. The van der Waals surface area contributed by atoms with E-state index in [4.69, 9.17) is 9.47 Å². The fraction of sp³-hybridized carbons (Fsp3) is 0.846. The number of carbonyl (C=O) groups excluding carboxylic acids is 2. The second kappa shape index (κ2) is 8.87. The molecule has 6 nitrogen and oxygen atoms in total. The maximum atomic E-state index is 12.0. The first-order valence-electron chi connectivity index (χ1n) is 6.94. The molecular weight excluding hydrogens is 250 g/mol. The van der Waals surface area contributed by atoms with Gasteiger partial charge in [0.05, 0.1) is 26.2 Å². The van der Waals surface area contributed by atoms with Gasteiger partial charge in [-0.3, -0.25) is 0 Å². The predicted octanol–water partition coefficient (Wildman–Crippen LogP) is -1.86. The van der Waals surface area contributed by atoms with E-state index in [-0.39, 0.29) is 6.42 Å². The summed E-state index contributed by atoms with van der Waals surface area (Å²) in [4.78, 5) is 23.6. The van der Waals surface area contributed by atoms with Gasteiger partial charge in [-0.2, -0.15) is 0 Å². The minimum atomic E-state index is -1.21. The molecule has 0 bridgehead atoms. The molecule has 1 rings (SSSR count). The molecule has 0 amide bonds. The van der Waals surface area contributed by atoms with Gasteiger partial charge < -0.3 is 24.3 Å². The molecule has 1 N–H and O–H groups in total. The molecule has 1 aliphatic rings. The van der Waals surface area contributed by atoms with Crippen molar-refractivity contribution in [2.75, 3.05) is 32.9 Å². The maximum Gasteiger partial charge on any atom is 0.365 e. The number of carboxylic acids is 1. The molecule has 0 spiro atoms. The fourth-order valence-electron chi connectivity index (χ4n) is 2.17. The van der Waals surface area contributed by atoms with Crippen LogP contribution in [0.2, 0.25) is 0 Å². The van der Waals surface area contributed by atoms with E-state index in [0.717, 1.165) is 24.2 Å². The summed E-state index contributed by atoms with van der Waals surface area (Å²) in [7, 11) is 0. The van der Waals surface area contributed by atoms with Gasteiger partial charge in [-0.05, 0) is 6.42 Å². The molecule has 0 aromatic rings. The molecule has 0 aliphatic carbocycles. The smallest absolute Gasteiger partial charge is 0.365 e. The molecule has 0 radical (unpaired) electrons. The molecule has 0 aromatic carbocycles. The highest BCUT2D eigenvalue weighted by molar-refractivity contribution is 5.79. The van der Waals surface area contributed by atoms with Gasteiger partial charge in [-0.1, -0.05) is 19.8 Å². The van der Waals surface area contributed by atoms with Gasteiger partial charge in [-0.25, -0.2) is 4.79 Å². The van der Waals surface area contributed by atoms with Gasteiger partial charge in [0.15, 0.2) is 6.04 Å². The minimum Gasteiger partial charge on any atom is -0.550 e. The largest absolute Gasteiger partial charge is 0.550 e. The number of aliphatic carboxylic acids is 1. The fourth-order valence-corrected chi connectivity index (χ4v) is 2.17. The van der Waals surface area contributed by atoms with Gasteiger partial charge in [0.1, 0.15) is 13.1 Å². The summed E-state index contributed by atoms with van der Waals surface area (Å²) in [5.41, 5.74) is 0. The van der Waals surface area contributed by atoms with Crippen molar-refractivity contribution < 1.29 is 29.1 Å². The summed E-state index contributed by atoms with van der Waals surface area (Å²) in [6.45, 7) is 4.77. The van der Waals surface area contributed by atoms with Crippen LogP contribution < -0.4 is 10.0 Å². The number of unbranched alkanes of at least 4 members (excludes halogenated alkanes) is 2. The van der Waals surface area contributed by atoms with Crippen molar-refractivity contribution in [2.45, 2.75) is 38.6 Å². The van der Waals surface area contributed by atoms with Crippen LogP contribution in [0.5, 0.6) is 0 Å². The zero-order valence-corrected chi connectivity index (χ0v) is 11.5. The first kappa shape index (κ1) is 15.9. The van der Waals surface area contributed by atoms with E-state index in [1.807, 2.05) is 0 Å².